The van der Waals surface area contributed by atoms with Crippen molar-refractivity contribution in [1.82, 2.24) is 9.13 Å². The van der Waals surface area contributed by atoms with Gasteiger partial charge in [0, 0.05) is 38.3 Å². The van der Waals surface area contributed by atoms with E-state index in [4.69, 9.17) is 0 Å². The molecule has 0 bridgehead atoms. The highest BCUT2D eigenvalue weighted by Crippen LogP contribution is 2.53. The van der Waals surface area contributed by atoms with Crippen molar-refractivity contribution in [3.8, 4) is 22.5 Å². The summed E-state index contributed by atoms with van der Waals surface area (Å²) in [6, 6.07) is 48.9. The molecule has 0 spiro atoms. The molecule has 41 heavy (non-hydrogen) atoms. The molecule has 0 saturated carbocycles. The average molecular weight is 525 g/mol. The topological polar surface area (TPSA) is 9.86 Å². The SMILES string of the molecule is CC1(C)c2cc(-n3c4ccccc4c4ccccc43)ccc2-c2ccc3c4ccccc4n(-c4ccccc4)c3c21. The first-order valence-corrected chi connectivity index (χ1v) is 14.4. The van der Waals surface area contributed by atoms with Crippen molar-refractivity contribution in [2.75, 3.05) is 0 Å². The number of hydrogen-bond donors (Lipinski definition) is 0. The maximum absolute atomic E-state index is 2.48. The summed E-state index contributed by atoms with van der Waals surface area (Å²) in [6.07, 6.45) is 0. The molecule has 9 rings (SSSR count). The molecule has 0 radical (unpaired) electrons. The van der Waals surface area contributed by atoms with Gasteiger partial charge in [0.1, 0.15) is 0 Å². The Kier molecular flexibility index (Phi) is 4.42. The highest BCUT2D eigenvalue weighted by Gasteiger charge is 2.39. The van der Waals surface area contributed by atoms with Crippen LogP contribution in [0.5, 0.6) is 0 Å². The summed E-state index contributed by atoms with van der Waals surface area (Å²) < 4.78 is 4.91. The number of benzene rings is 6. The van der Waals surface area contributed by atoms with Crippen molar-refractivity contribution in [1.29, 1.82) is 0 Å². The Hall–Kier alpha value is -5.08. The summed E-state index contributed by atoms with van der Waals surface area (Å²) in [5.41, 5.74) is 12.7. The number of hydrogen-bond acceptors (Lipinski definition) is 0. The lowest BCUT2D eigenvalue weighted by molar-refractivity contribution is 0.663. The number of rotatable bonds is 2. The molecule has 0 N–H and O–H groups in total. The predicted molar refractivity (Wildman–Crippen MR) is 173 cm³/mol. The van der Waals surface area contributed by atoms with Gasteiger partial charge in [0.15, 0.2) is 0 Å². The van der Waals surface area contributed by atoms with Crippen LogP contribution in [0.25, 0.3) is 66.1 Å². The molecular formula is C39H28N2. The molecule has 6 aromatic carbocycles. The minimum absolute atomic E-state index is 0.181. The molecule has 194 valence electrons. The highest BCUT2D eigenvalue weighted by atomic mass is 15.0. The number of fused-ring (bicyclic) bond motifs is 10. The lowest BCUT2D eigenvalue weighted by atomic mass is 9.81. The van der Waals surface area contributed by atoms with E-state index in [0.29, 0.717) is 0 Å². The normalized spacial score (nSPS) is 13.8. The van der Waals surface area contributed by atoms with Crippen molar-refractivity contribution < 1.29 is 0 Å². The molecule has 0 aliphatic heterocycles. The predicted octanol–water partition coefficient (Wildman–Crippen LogP) is 10.2. The molecule has 0 atom stereocenters. The fourth-order valence-corrected chi connectivity index (χ4v) is 7.52. The van der Waals surface area contributed by atoms with Crippen LogP contribution < -0.4 is 0 Å². The molecule has 1 aliphatic rings. The molecule has 0 unspecified atom stereocenters. The van der Waals surface area contributed by atoms with Crippen LogP contribution in [0.2, 0.25) is 0 Å². The van der Waals surface area contributed by atoms with Gasteiger partial charge < -0.3 is 9.13 Å². The lowest BCUT2D eigenvalue weighted by Gasteiger charge is -2.24. The zero-order valence-electron chi connectivity index (χ0n) is 23.1. The van der Waals surface area contributed by atoms with Crippen LogP contribution in [0.4, 0.5) is 0 Å². The van der Waals surface area contributed by atoms with E-state index in [9.17, 15) is 0 Å². The molecule has 0 fully saturated rings. The third-order valence-corrected chi connectivity index (χ3v) is 9.28. The third kappa shape index (κ3) is 2.92. The smallest absolute Gasteiger partial charge is 0.0588 e. The summed E-state index contributed by atoms with van der Waals surface area (Å²) in [5, 5.41) is 5.19. The lowest BCUT2D eigenvalue weighted by Crippen LogP contribution is -2.17. The largest absolute Gasteiger partial charge is 0.309 e. The monoisotopic (exact) mass is 524 g/mol. The van der Waals surface area contributed by atoms with Crippen molar-refractivity contribution >= 4 is 43.6 Å². The molecule has 2 nitrogen and oxygen atoms in total. The number of aromatic nitrogens is 2. The van der Waals surface area contributed by atoms with Crippen LogP contribution in [0.3, 0.4) is 0 Å². The number of nitrogens with zero attached hydrogens (tertiary/aromatic N) is 2. The molecular weight excluding hydrogens is 496 g/mol. The summed E-state index contributed by atoms with van der Waals surface area (Å²) in [7, 11) is 0. The van der Waals surface area contributed by atoms with Gasteiger partial charge in [-0.1, -0.05) is 105 Å². The quantitative estimate of drug-likeness (QED) is 0.213. The van der Waals surface area contributed by atoms with Crippen molar-refractivity contribution in [3.05, 3.63) is 145 Å². The molecule has 8 aromatic rings. The van der Waals surface area contributed by atoms with Gasteiger partial charge in [-0.05, 0) is 64.7 Å². The molecule has 2 heteroatoms. The Balaban J connectivity index is 1.35. The van der Waals surface area contributed by atoms with Gasteiger partial charge in [0.05, 0.1) is 22.1 Å². The highest BCUT2D eigenvalue weighted by molar-refractivity contribution is 6.13. The van der Waals surface area contributed by atoms with E-state index in [1.807, 2.05) is 0 Å². The summed E-state index contributed by atoms with van der Waals surface area (Å²) in [5.74, 6) is 0. The Bertz CT molecular complexity index is 2280. The first kappa shape index (κ1) is 22.7. The standard InChI is InChI=1S/C39H28N2/c1-39(2)33-24-26(40-34-17-9-6-14-28(34)29-15-7-10-18-35(29)40)20-21-27(33)31-22-23-32-30-16-8-11-19-36(30)41(38(32)37(31)39)25-12-4-3-5-13-25/h3-24H,1-2H3. The summed E-state index contributed by atoms with van der Waals surface area (Å²) in [6.45, 7) is 4.81. The van der Waals surface area contributed by atoms with Gasteiger partial charge in [-0.15, -0.1) is 0 Å². The average Bonchev–Trinajstić information content (AvgIpc) is 3.61. The van der Waals surface area contributed by atoms with Gasteiger partial charge in [-0.25, -0.2) is 0 Å². The van der Waals surface area contributed by atoms with Crippen LogP contribution >= 0.6 is 0 Å². The summed E-state index contributed by atoms with van der Waals surface area (Å²) >= 11 is 0. The van der Waals surface area contributed by atoms with Crippen LogP contribution in [0.15, 0.2) is 133 Å². The fourth-order valence-electron chi connectivity index (χ4n) is 7.52. The molecule has 0 amide bonds. The first-order chi connectivity index (χ1) is 20.1. The van der Waals surface area contributed by atoms with Gasteiger partial charge in [-0.3, -0.25) is 0 Å². The van der Waals surface area contributed by atoms with Gasteiger partial charge in [-0.2, -0.15) is 0 Å². The van der Waals surface area contributed by atoms with E-state index in [1.54, 1.807) is 0 Å². The van der Waals surface area contributed by atoms with Crippen LogP contribution in [0, 0.1) is 0 Å². The molecule has 2 heterocycles. The summed E-state index contributed by atoms with van der Waals surface area (Å²) in [4.78, 5) is 0. The van der Waals surface area contributed by atoms with E-state index in [1.165, 1.54) is 77.2 Å². The second kappa shape index (κ2) is 7.99. The van der Waals surface area contributed by atoms with Crippen LogP contribution in [-0.2, 0) is 5.41 Å². The number of para-hydroxylation sites is 4. The van der Waals surface area contributed by atoms with E-state index in [2.05, 4.69) is 156 Å². The first-order valence-electron chi connectivity index (χ1n) is 14.4. The zero-order chi connectivity index (χ0) is 27.3. The van der Waals surface area contributed by atoms with E-state index in [0.717, 1.165) is 0 Å². The third-order valence-electron chi connectivity index (χ3n) is 9.28. The Labute approximate surface area is 238 Å². The van der Waals surface area contributed by atoms with Crippen molar-refractivity contribution in [3.63, 3.8) is 0 Å². The second-order valence-electron chi connectivity index (χ2n) is 11.8. The Morgan fingerprint density at radius 3 is 1.63 bits per heavy atom. The minimum Gasteiger partial charge on any atom is -0.309 e. The van der Waals surface area contributed by atoms with Crippen molar-refractivity contribution in [2.24, 2.45) is 0 Å². The molecule has 0 saturated heterocycles. The van der Waals surface area contributed by atoms with Gasteiger partial charge in [0.2, 0.25) is 0 Å². The van der Waals surface area contributed by atoms with Crippen LogP contribution in [0.1, 0.15) is 25.0 Å². The van der Waals surface area contributed by atoms with Gasteiger partial charge in [0.25, 0.3) is 0 Å². The maximum atomic E-state index is 2.48. The van der Waals surface area contributed by atoms with E-state index < -0.39 is 0 Å². The van der Waals surface area contributed by atoms with E-state index in [-0.39, 0.29) is 5.41 Å². The zero-order valence-corrected chi connectivity index (χ0v) is 23.1. The maximum Gasteiger partial charge on any atom is 0.0588 e. The Morgan fingerprint density at radius 1 is 0.439 bits per heavy atom. The molecule has 2 aromatic heterocycles. The Morgan fingerprint density at radius 2 is 0.976 bits per heavy atom. The fraction of sp³-hybridized carbons (Fsp3) is 0.0769. The van der Waals surface area contributed by atoms with Crippen molar-refractivity contribution in [2.45, 2.75) is 19.3 Å². The second-order valence-corrected chi connectivity index (χ2v) is 11.8. The van der Waals surface area contributed by atoms with Crippen LogP contribution in [-0.4, -0.2) is 9.13 Å². The molecule has 1 aliphatic carbocycles. The minimum atomic E-state index is -0.181. The van der Waals surface area contributed by atoms with Gasteiger partial charge >= 0.3 is 0 Å². The van der Waals surface area contributed by atoms with E-state index >= 15 is 0 Å².